The largest absolute Gasteiger partial charge is 0.321 e. The molecule has 0 spiro atoms. The summed E-state index contributed by atoms with van der Waals surface area (Å²) in [5.41, 5.74) is 2.67. The lowest BCUT2D eigenvalue weighted by atomic mass is 10.2. The first kappa shape index (κ1) is 14.9. The molecule has 3 N–H and O–H groups in total. The minimum Gasteiger partial charge on any atom is -0.321 e. The number of hydrogen-bond acceptors (Lipinski definition) is 5. The van der Waals surface area contributed by atoms with Crippen LogP contribution in [0.5, 0.6) is 0 Å². The lowest BCUT2D eigenvalue weighted by molar-refractivity contribution is 0.379. The zero-order chi connectivity index (χ0) is 13.8. The number of rotatable bonds is 6. The molecule has 7 heteroatoms. The summed E-state index contributed by atoms with van der Waals surface area (Å²) in [6.07, 6.45) is 1.44. The average Bonchev–Trinajstić information content (AvgIpc) is 2.35. The molecule has 0 aliphatic heterocycles. The average molecular weight is 272 g/mol. The Morgan fingerprint density at radius 2 is 2.17 bits per heavy atom. The summed E-state index contributed by atoms with van der Waals surface area (Å²) in [7, 11) is -3.61. The van der Waals surface area contributed by atoms with Crippen LogP contribution in [0.3, 0.4) is 0 Å². The molecule has 0 radical (unpaired) electrons. The standard InChI is InChI=1S/C11H20N4O2S/c1-4-15(8-9(2)3)18(16,17)11-10(14-12)6-5-7-13-11/h5-7,9,14H,4,8,12H2,1-3H3. The van der Waals surface area contributed by atoms with Crippen molar-refractivity contribution in [2.45, 2.75) is 25.8 Å². The van der Waals surface area contributed by atoms with Crippen LogP contribution in [0.4, 0.5) is 5.69 Å². The third-order valence-corrected chi connectivity index (χ3v) is 4.33. The summed E-state index contributed by atoms with van der Waals surface area (Å²) in [5, 5.41) is -0.0324. The maximum absolute atomic E-state index is 12.4. The molecule has 102 valence electrons. The third-order valence-electron chi connectivity index (χ3n) is 2.43. The van der Waals surface area contributed by atoms with Crippen molar-refractivity contribution in [3.63, 3.8) is 0 Å². The second kappa shape index (κ2) is 6.12. The van der Waals surface area contributed by atoms with E-state index in [0.29, 0.717) is 18.8 Å². The number of nitrogen functional groups attached to an aromatic ring is 1. The topological polar surface area (TPSA) is 88.3 Å². The molecule has 1 heterocycles. The predicted molar refractivity (Wildman–Crippen MR) is 71.3 cm³/mol. The number of aromatic nitrogens is 1. The van der Waals surface area contributed by atoms with Gasteiger partial charge >= 0.3 is 0 Å². The van der Waals surface area contributed by atoms with E-state index in [-0.39, 0.29) is 10.9 Å². The fraction of sp³-hybridized carbons (Fsp3) is 0.545. The van der Waals surface area contributed by atoms with Gasteiger partial charge in [0, 0.05) is 19.3 Å². The van der Waals surface area contributed by atoms with Gasteiger partial charge in [-0.15, -0.1) is 0 Å². The molecule has 0 aliphatic carbocycles. The zero-order valence-corrected chi connectivity index (χ0v) is 11.7. The van der Waals surface area contributed by atoms with Crippen LogP contribution in [0.2, 0.25) is 0 Å². The first-order valence-electron chi connectivity index (χ1n) is 5.85. The minimum absolute atomic E-state index is 0.0324. The third kappa shape index (κ3) is 3.18. The highest BCUT2D eigenvalue weighted by Gasteiger charge is 2.27. The van der Waals surface area contributed by atoms with E-state index in [1.807, 2.05) is 13.8 Å². The number of nitrogens with two attached hydrogens (primary N) is 1. The van der Waals surface area contributed by atoms with Crippen LogP contribution < -0.4 is 11.3 Å². The minimum atomic E-state index is -3.61. The van der Waals surface area contributed by atoms with Gasteiger partial charge < -0.3 is 5.43 Å². The van der Waals surface area contributed by atoms with Gasteiger partial charge in [0.15, 0.2) is 5.03 Å². The SMILES string of the molecule is CCN(CC(C)C)S(=O)(=O)c1ncccc1NN. The summed E-state index contributed by atoms with van der Waals surface area (Å²) in [5.74, 6) is 5.57. The van der Waals surface area contributed by atoms with Gasteiger partial charge in [0.1, 0.15) is 0 Å². The van der Waals surface area contributed by atoms with Crippen LogP contribution in [0.15, 0.2) is 23.4 Å². The molecule has 0 unspecified atom stereocenters. The van der Waals surface area contributed by atoms with Crippen molar-refractivity contribution in [1.29, 1.82) is 0 Å². The van der Waals surface area contributed by atoms with Crippen molar-refractivity contribution in [3.8, 4) is 0 Å². The molecule has 0 saturated heterocycles. The fourth-order valence-electron chi connectivity index (χ4n) is 1.63. The van der Waals surface area contributed by atoms with Crippen molar-refractivity contribution >= 4 is 15.7 Å². The van der Waals surface area contributed by atoms with Crippen LogP contribution in [0.25, 0.3) is 0 Å². The zero-order valence-electron chi connectivity index (χ0n) is 10.9. The van der Waals surface area contributed by atoms with Crippen LogP contribution in [-0.4, -0.2) is 30.8 Å². The molecular weight excluding hydrogens is 252 g/mol. The highest BCUT2D eigenvalue weighted by molar-refractivity contribution is 7.89. The molecule has 0 saturated carbocycles. The number of pyridine rings is 1. The van der Waals surface area contributed by atoms with Gasteiger partial charge in [-0.2, -0.15) is 4.31 Å². The molecule has 0 amide bonds. The van der Waals surface area contributed by atoms with E-state index in [9.17, 15) is 8.42 Å². The molecule has 0 bridgehead atoms. The quantitative estimate of drug-likeness (QED) is 0.596. The van der Waals surface area contributed by atoms with Gasteiger partial charge in [-0.25, -0.2) is 13.4 Å². The molecule has 0 atom stereocenters. The van der Waals surface area contributed by atoms with E-state index in [0.717, 1.165) is 0 Å². The van der Waals surface area contributed by atoms with Crippen molar-refractivity contribution in [3.05, 3.63) is 18.3 Å². The summed E-state index contributed by atoms with van der Waals surface area (Å²) in [6, 6.07) is 3.22. The number of sulfonamides is 1. The number of hydrogen-bond donors (Lipinski definition) is 2. The maximum Gasteiger partial charge on any atom is 0.262 e. The van der Waals surface area contributed by atoms with Crippen LogP contribution in [0, 0.1) is 5.92 Å². The van der Waals surface area contributed by atoms with E-state index >= 15 is 0 Å². The molecule has 18 heavy (non-hydrogen) atoms. The predicted octanol–water partition coefficient (Wildman–Crippen LogP) is 1.03. The lowest BCUT2D eigenvalue weighted by Gasteiger charge is -2.22. The molecule has 0 aromatic carbocycles. The van der Waals surface area contributed by atoms with Crippen molar-refractivity contribution in [2.75, 3.05) is 18.5 Å². The summed E-state index contributed by atoms with van der Waals surface area (Å²) < 4.78 is 26.3. The van der Waals surface area contributed by atoms with Crippen LogP contribution in [-0.2, 0) is 10.0 Å². The van der Waals surface area contributed by atoms with E-state index in [4.69, 9.17) is 5.84 Å². The summed E-state index contributed by atoms with van der Waals surface area (Å²) in [4.78, 5) is 3.93. The number of hydrazine groups is 1. The van der Waals surface area contributed by atoms with Crippen LogP contribution >= 0.6 is 0 Å². The Kier molecular flexibility index (Phi) is 5.06. The Hall–Kier alpha value is -1.18. The molecule has 1 aromatic heterocycles. The molecule has 1 rings (SSSR count). The van der Waals surface area contributed by atoms with Gasteiger partial charge in [0.05, 0.1) is 5.69 Å². The molecule has 6 nitrogen and oxygen atoms in total. The summed E-state index contributed by atoms with van der Waals surface area (Å²) in [6.45, 7) is 6.61. The Morgan fingerprint density at radius 1 is 1.50 bits per heavy atom. The second-order valence-electron chi connectivity index (χ2n) is 4.35. The van der Waals surface area contributed by atoms with Gasteiger partial charge in [-0.3, -0.25) is 5.84 Å². The smallest absolute Gasteiger partial charge is 0.262 e. The Labute approximate surface area is 108 Å². The molecular formula is C11H20N4O2S. The molecule has 0 aliphatic rings. The monoisotopic (exact) mass is 272 g/mol. The van der Waals surface area contributed by atoms with Crippen molar-refractivity contribution < 1.29 is 8.42 Å². The Morgan fingerprint density at radius 3 is 2.67 bits per heavy atom. The van der Waals surface area contributed by atoms with Crippen LogP contribution in [0.1, 0.15) is 20.8 Å². The highest BCUT2D eigenvalue weighted by Crippen LogP contribution is 2.21. The van der Waals surface area contributed by atoms with E-state index < -0.39 is 10.0 Å². The lowest BCUT2D eigenvalue weighted by Crippen LogP contribution is -2.35. The maximum atomic E-state index is 12.4. The first-order chi connectivity index (χ1) is 8.43. The van der Waals surface area contributed by atoms with Gasteiger partial charge in [-0.05, 0) is 18.1 Å². The number of nitrogens with one attached hydrogen (secondary N) is 1. The summed E-state index contributed by atoms with van der Waals surface area (Å²) >= 11 is 0. The number of anilines is 1. The Balaban J connectivity index is 3.18. The highest BCUT2D eigenvalue weighted by atomic mass is 32.2. The van der Waals surface area contributed by atoms with Gasteiger partial charge in [0.2, 0.25) is 0 Å². The first-order valence-corrected chi connectivity index (χ1v) is 7.29. The van der Waals surface area contributed by atoms with E-state index in [1.165, 1.54) is 10.5 Å². The van der Waals surface area contributed by atoms with Gasteiger partial charge in [0.25, 0.3) is 10.0 Å². The number of nitrogens with zero attached hydrogens (tertiary/aromatic N) is 2. The van der Waals surface area contributed by atoms with Crippen molar-refractivity contribution in [2.24, 2.45) is 11.8 Å². The van der Waals surface area contributed by atoms with Crippen molar-refractivity contribution in [1.82, 2.24) is 9.29 Å². The normalized spacial score (nSPS) is 12.1. The molecule has 0 fully saturated rings. The second-order valence-corrected chi connectivity index (χ2v) is 6.20. The molecule has 1 aromatic rings. The van der Waals surface area contributed by atoms with E-state index in [1.54, 1.807) is 19.1 Å². The van der Waals surface area contributed by atoms with E-state index in [2.05, 4.69) is 10.4 Å². The Bertz CT molecular complexity index is 488. The van der Waals surface area contributed by atoms with Gasteiger partial charge in [-0.1, -0.05) is 20.8 Å². The fourth-order valence-corrected chi connectivity index (χ4v) is 3.31.